The Labute approximate surface area is 229 Å². The normalized spacial score (nSPS) is 12.6. The van der Waals surface area contributed by atoms with Crippen LogP contribution in [-0.4, -0.2) is 35.4 Å². The first-order chi connectivity index (χ1) is 17.8. The summed E-state index contributed by atoms with van der Waals surface area (Å²) < 4.78 is 7.01. The Morgan fingerprint density at radius 1 is 0.892 bits per heavy atom. The molecule has 6 heteroatoms. The second-order valence-corrected chi connectivity index (χ2v) is 10.6. The molecule has 0 saturated carbocycles. The topological polar surface area (TPSA) is 58.6 Å². The Balaban J connectivity index is 1.93. The van der Waals surface area contributed by atoms with E-state index in [2.05, 4.69) is 35.1 Å². The van der Waals surface area contributed by atoms with Gasteiger partial charge < -0.3 is 15.0 Å². The summed E-state index contributed by atoms with van der Waals surface area (Å²) in [7, 11) is 0. The second-order valence-electron chi connectivity index (χ2n) is 9.65. The van der Waals surface area contributed by atoms with Crippen LogP contribution >= 0.6 is 15.9 Å². The molecule has 196 valence electrons. The van der Waals surface area contributed by atoms with Gasteiger partial charge in [0.25, 0.3) is 5.91 Å². The largest absolute Gasteiger partial charge is 0.483 e. The SMILES string of the molecule is CC[C@@H](C)NC(=O)[C@@H](Cc1ccccc1)N(Cc1ccc(Br)cc1)C(=O)COc1ccccc1C(C)C. The number of ether oxygens (including phenoxy) is 1. The molecule has 0 aliphatic carbocycles. The zero-order valence-electron chi connectivity index (χ0n) is 22.1. The molecule has 0 unspecified atom stereocenters. The lowest BCUT2D eigenvalue weighted by atomic mass is 10.0. The first kappa shape index (κ1) is 28.5. The van der Waals surface area contributed by atoms with E-state index in [1.165, 1.54) is 0 Å². The number of amides is 2. The molecular weight excluding hydrogens is 528 g/mol. The predicted molar refractivity (Wildman–Crippen MR) is 153 cm³/mol. The fourth-order valence-corrected chi connectivity index (χ4v) is 4.36. The molecule has 3 aromatic rings. The van der Waals surface area contributed by atoms with Gasteiger partial charge in [0.2, 0.25) is 5.91 Å². The summed E-state index contributed by atoms with van der Waals surface area (Å²) in [6, 6.07) is 24.7. The quantitative estimate of drug-likeness (QED) is 0.273. The zero-order chi connectivity index (χ0) is 26.8. The number of benzene rings is 3. The van der Waals surface area contributed by atoms with Crippen molar-refractivity contribution in [3.63, 3.8) is 0 Å². The highest BCUT2D eigenvalue weighted by Gasteiger charge is 2.31. The molecule has 37 heavy (non-hydrogen) atoms. The fourth-order valence-electron chi connectivity index (χ4n) is 4.09. The molecule has 5 nitrogen and oxygen atoms in total. The lowest BCUT2D eigenvalue weighted by molar-refractivity contribution is -0.143. The van der Waals surface area contributed by atoms with Crippen LogP contribution in [0.5, 0.6) is 5.75 Å². The van der Waals surface area contributed by atoms with Crippen LogP contribution in [0.2, 0.25) is 0 Å². The van der Waals surface area contributed by atoms with Crippen LogP contribution in [-0.2, 0) is 22.6 Å². The lowest BCUT2D eigenvalue weighted by Crippen LogP contribution is -2.53. The van der Waals surface area contributed by atoms with Gasteiger partial charge in [-0.1, -0.05) is 97.4 Å². The summed E-state index contributed by atoms with van der Waals surface area (Å²) in [6.07, 6.45) is 1.22. The van der Waals surface area contributed by atoms with Crippen molar-refractivity contribution in [2.75, 3.05) is 6.61 Å². The van der Waals surface area contributed by atoms with Crippen molar-refractivity contribution >= 4 is 27.7 Å². The van der Waals surface area contributed by atoms with Crippen molar-refractivity contribution in [2.45, 2.75) is 65.1 Å². The number of rotatable bonds is 12. The van der Waals surface area contributed by atoms with Crippen molar-refractivity contribution < 1.29 is 14.3 Å². The highest BCUT2D eigenvalue weighted by molar-refractivity contribution is 9.10. The maximum absolute atomic E-state index is 13.8. The summed E-state index contributed by atoms with van der Waals surface area (Å²) in [5.41, 5.74) is 2.98. The average Bonchev–Trinajstić information content (AvgIpc) is 2.90. The standard InChI is InChI=1S/C31H37BrN2O3/c1-5-23(4)33-31(36)28(19-24-11-7-6-8-12-24)34(20-25-15-17-26(32)18-16-25)30(35)21-37-29-14-10-9-13-27(29)22(2)3/h6-18,22-23,28H,5,19-21H2,1-4H3,(H,33,36)/t23-,28-/m1/s1. The third-order valence-corrected chi connectivity index (χ3v) is 6.96. The van der Waals surface area contributed by atoms with Crippen LogP contribution in [0.3, 0.4) is 0 Å². The molecule has 2 atom stereocenters. The van der Waals surface area contributed by atoms with Gasteiger partial charge in [0, 0.05) is 23.5 Å². The van der Waals surface area contributed by atoms with Crippen LogP contribution in [0.25, 0.3) is 0 Å². The van der Waals surface area contributed by atoms with Crippen LogP contribution in [0.15, 0.2) is 83.3 Å². The number of carbonyl (C=O) groups excluding carboxylic acids is 2. The van der Waals surface area contributed by atoms with Gasteiger partial charge in [0.15, 0.2) is 6.61 Å². The first-order valence-electron chi connectivity index (χ1n) is 12.9. The minimum Gasteiger partial charge on any atom is -0.483 e. The molecule has 0 spiro atoms. The second kappa shape index (κ2) is 14.0. The molecule has 2 amide bonds. The summed E-state index contributed by atoms with van der Waals surface area (Å²) in [6.45, 7) is 8.35. The number of halogens is 1. The van der Waals surface area contributed by atoms with E-state index >= 15 is 0 Å². The van der Waals surface area contributed by atoms with E-state index in [-0.39, 0.29) is 30.4 Å². The van der Waals surface area contributed by atoms with Gasteiger partial charge in [-0.15, -0.1) is 0 Å². The van der Waals surface area contributed by atoms with Crippen LogP contribution in [0, 0.1) is 0 Å². The molecule has 0 fully saturated rings. The third-order valence-electron chi connectivity index (χ3n) is 6.43. The maximum atomic E-state index is 13.8. The average molecular weight is 566 g/mol. The molecule has 0 heterocycles. The first-order valence-corrected chi connectivity index (χ1v) is 13.7. The van der Waals surface area contributed by atoms with Crippen molar-refractivity contribution in [1.29, 1.82) is 0 Å². The summed E-state index contributed by atoms with van der Waals surface area (Å²) in [4.78, 5) is 29.0. The van der Waals surface area contributed by atoms with Crippen molar-refractivity contribution in [3.8, 4) is 5.75 Å². The zero-order valence-corrected chi connectivity index (χ0v) is 23.7. The molecule has 0 aromatic heterocycles. The summed E-state index contributed by atoms with van der Waals surface area (Å²) in [5.74, 6) is 0.559. The molecule has 0 saturated heterocycles. The fraction of sp³-hybridized carbons (Fsp3) is 0.355. The molecule has 1 N–H and O–H groups in total. The van der Waals surface area contributed by atoms with Crippen LogP contribution in [0.1, 0.15) is 56.7 Å². The highest BCUT2D eigenvalue weighted by atomic mass is 79.9. The minimum atomic E-state index is -0.684. The van der Waals surface area contributed by atoms with E-state index in [0.29, 0.717) is 18.7 Å². The van der Waals surface area contributed by atoms with Gasteiger partial charge in [-0.25, -0.2) is 0 Å². The Morgan fingerprint density at radius 2 is 1.54 bits per heavy atom. The molecule has 0 aliphatic rings. The van der Waals surface area contributed by atoms with E-state index in [9.17, 15) is 9.59 Å². The Bertz CT molecular complexity index is 1150. The molecule has 3 aromatic carbocycles. The number of nitrogens with one attached hydrogen (secondary N) is 1. The molecular formula is C31H37BrN2O3. The van der Waals surface area contributed by atoms with Crippen molar-refractivity contribution in [2.24, 2.45) is 0 Å². The number of hydrogen-bond donors (Lipinski definition) is 1. The number of para-hydroxylation sites is 1. The van der Waals surface area contributed by atoms with E-state index in [0.717, 1.165) is 27.6 Å². The van der Waals surface area contributed by atoms with E-state index in [1.807, 2.05) is 92.7 Å². The Kier molecular flexibility index (Phi) is 10.8. The van der Waals surface area contributed by atoms with E-state index in [4.69, 9.17) is 4.74 Å². The summed E-state index contributed by atoms with van der Waals surface area (Å²) in [5, 5.41) is 3.10. The van der Waals surface area contributed by atoms with Gasteiger partial charge in [-0.3, -0.25) is 9.59 Å². The molecule has 0 bridgehead atoms. The van der Waals surface area contributed by atoms with Gasteiger partial charge in [0.1, 0.15) is 11.8 Å². The molecule has 0 radical (unpaired) electrons. The third kappa shape index (κ3) is 8.46. The van der Waals surface area contributed by atoms with Crippen LogP contribution in [0.4, 0.5) is 0 Å². The predicted octanol–water partition coefficient (Wildman–Crippen LogP) is 6.51. The smallest absolute Gasteiger partial charge is 0.261 e. The van der Waals surface area contributed by atoms with Gasteiger partial charge in [-0.05, 0) is 54.2 Å². The molecule has 3 rings (SSSR count). The van der Waals surface area contributed by atoms with Gasteiger partial charge in [-0.2, -0.15) is 0 Å². The molecule has 0 aliphatic heterocycles. The number of nitrogens with zero attached hydrogens (tertiary/aromatic N) is 1. The number of carbonyl (C=O) groups is 2. The van der Waals surface area contributed by atoms with Gasteiger partial charge >= 0.3 is 0 Å². The minimum absolute atomic E-state index is 0.00424. The summed E-state index contributed by atoms with van der Waals surface area (Å²) >= 11 is 3.48. The van der Waals surface area contributed by atoms with Gasteiger partial charge in [0.05, 0.1) is 0 Å². The van der Waals surface area contributed by atoms with E-state index < -0.39 is 6.04 Å². The number of hydrogen-bond acceptors (Lipinski definition) is 3. The Hall–Kier alpha value is -3.12. The maximum Gasteiger partial charge on any atom is 0.261 e. The monoisotopic (exact) mass is 564 g/mol. The van der Waals surface area contributed by atoms with E-state index in [1.54, 1.807) is 4.90 Å². The van der Waals surface area contributed by atoms with Crippen molar-refractivity contribution in [3.05, 3.63) is 100 Å². The van der Waals surface area contributed by atoms with Crippen molar-refractivity contribution in [1.82, 2.24) is 10.2 Å². The lowest BCUT2D eigenvalue weighted by Gasteiger charge is -2.32. The Morgan fingerprint density at radius 3 is 2.19 bits per heavy atom. The highest BCUT2D eigenvalue weighted by Crippen LogP contribution is 2.26. The van der Waals surface area contributed by atoms with Crippen LogP contribution < -0.4 is 10.1 Å².